The first-order chi connectivity index (χ1) is 8.52. The van der Waals surface area contributed by atoms with Crippen LogP contribution < -0.4 is 0 Å². The summed E-state index contributed by atoms with van der Waals surface area (Å²) in [6.45, 7) is 1.85. The number of halogens is 2. The van der Waals surface area contributed by atoms with Crippen LogP contribution in [0.1, 0.15) is 24.8 Å². The van der Waals surface area contributed by atoms with E-state index in [9.17, 15) is 9.90 Å². The predicted molar refractivity (Wildman–Crippen MR) is 80.2 cm³/mol. The van der Waals surface area contributed by atoms with Crippen LogP contribution in [0.15, 0.2) is 24.3 Å². The van der Waals surface area contributed by atoms with E-state index in [0.717, 1.165) is 31.5 Å². The SMILES string of the molecule is O=C(O)CC1(c2ccc(Cl)cc2)CCN(I)CC1. The lowest BCUT2D eigenvalue weighted by Crippen LogP contribution is -2.40. The van der Waals surface area contributed by atoms with Crippen molar-refractivity contribution in [3.8, 4) is 0 Å². The summed E-state index contributed by atoms with van der Waals surface area (Å²) in [4.78, 5) is 11.2. The molecule has 0 spiro atoms. The third-order valence-corrected chi connectivity index (χ3v) is 4.83. The van der Waals surface area contributed by atoms with E-state index < -0.39 is 5.97 Å². The van der Waals surface area contributed by atoms with Crippen molar-refractivity contribution in [3.05, 3.63) is 34.9 Å². The molecule has 1 aliphatic rings. The monoisotopic (exact) mass is 379 g/mol. The van der Waals surface area contributed by atoms with Gasteiger partial charge in [0, 0.05) is 46.4 Å². The molecule has 98 valence electrons. The van der Waals surface area contributed by atoms with Crippen LogP contribution in [0.3, 0.4) is 0 Å². The fourth-order valence-electron chi connectivity index (χ4n) is 2.57. The van der Waals surface area contributed by atoms with Gasteiger partial charge in [0.1, 0.15) is 0 Å². The molecule has 0 bridgehead atoms. The molecule has 0 unspecified atom stereocenters. The first kappa shape index (κ1) is 14.1. The maximum atomic E-state index is 11.2. The largest absolute Gasteiger partial charge is 0.481 e. The van der Waals surface area contributed by atoms with Crippen molar-refractivity contribution >= 4 is 40.4 Å². The summed E-state index contributed by atoms with van der Waals surface area (Å²) in [5.41, 5.74) is 0.858. The van der Waals surface area contributed by atoms with Gasteiger partial charge in [-0.1, -0.05) is 23.7 Å². The topological polar surface area (TPSA) is 40.5 Å². The molecule has 0 aromatic heterocycles. The first-order valence-corrected chi connectivity index (χ1v) is 7.25. The van der Waals surface area contributed by atoms with Crippen LogP contribution in [0.2, 0.25) is 5.02 Å². The van der Waals surface area contributed by atoms with Crippen molar-refractivity contribution in [2.75, 3.05) is 13.1 Å². The summed E-state index contributed by atoms with van der Waals surface area (Å²) in [7, 11) is 0. The van der Waals surface area contributed by atoms with Crippen molar-refractivity contribution in [3.63, 3.8) is 0 Å². The van der Waals surface area contributed by atoms with Crippen LogP contribution in [0, 0.1) is 0 Å². The molecule has 0 aliphatic carbocycles. The highest BCUT2D eigenvalue weighted by Gasteiger charge is 2.37. The lowest BCUT2D eigenvalue weighted by molar-refractivity contribution is -0.138. The van der Waals surface area contributed by atoms with E-state index in [1.807, 2.05) is 24.3 Å². The molecule has 1 saturated heterocycles. The number of hydrogen-bond donors (Lipinski definition) is 1. The number of nitrogens with zero attached hydrogens (tertiary/aromatic N) is 1. The van der Waals surface area contributed by atoms with E-state index in [-0.39, 0.29) is 11.8 Å². The Kier molecular flexibility index (Phi) is 4.50. The molecule has 3 nitrogen and oxygen atoms in total. The van der Waals surface area contributed by atoms with Gasteiger partial charge in [0.2, 0.25) is 0 Å². The van der Waals surface area contributed by atoms with Gasteiger partial charge >= 0.3 is 5.97 Å². The Labute approximate surface area is 126 Å². The average Bonchev–Trinajstić information content (AvgIpc) is 2.33. The number of piperidine rings is 1. The highest BCUT2D eigenvalue weighted by atomic mass is 127. The molecule has 18 heavy (non-hydrogen) atoms. The molecule has 5 heteroatoms. The zero-order valence-corrected chi connectivity index (χ0v) is 12.8. The minimum absolute atomic E-state index is 0.194. The number of rotatable bonds is 3. The Balaban J connectivity index is 2.29. The minimum atomic E-state index is -0.730. The van der Waals surface area contributed by atoms with E-state index in [0.29, 0.717) is 5.02 Å². The fraction of sp³-hybridized carbons (Fsp3) is 0.462. The van der Waals surface area contributed by atoms with Gasteiger partial charge in [0.05, 0.1) is 6.42 Å². The molecule has 0 amide bonds. The number of carbonyl (C=O) groups is 1. The Morgan fingerprint density at radius 1 is 1.33 bits per heavy atom. The maximum Gasteiger partial charge on any atom is 0.304 e. The van der Waals surface area contributed by atoms with E-state index in [4.69, 9.17) is 11.6 Å². The van der Waals surface area contributed by atoms with Gasteiger partial charge in [-0.3, -0.25) is 4.79 Å². The molecule has 1 fully saturated rings. The second-order valence-electron chi connectivity index (χ2n) is 4.77. The van der Waals surface area contributed by atoms with Gasteiger partial charge < -0.3 is 5.11 Å². The lowest BCUT2D eigenvalue weighted by Gasteiger charge is -2.39. The van der Waals surface area contributed by atoms with Gasteiger partial charge in [-0.2, -0.15) is 0 Å². The molecular weight excluding hydrogens is 365 g/mol. The van der Waals surface area contributed by atoms with Crippen LogP contribution in [-0.4, -0.2) is 27.3 Å². The van der Waals surface area contributed by atoms with E-state index >= 15 is 0 Å². The smallest absolute Gasteiger partial charge is 0.304 e. The predicted octanol–water partition coefficient (Wildman–Crippen LogP) is 3.50. The van der Waals surface area contributed by atoms with Crippen molar-refractivity contribution in [1.29, 1.82) is 0 Å². The fourth-order valence-corrected chi connectivity index (χ4v) is 3.18. The van der Waals surface area contributed by atoms with E-state index in [2.05, 4.69) is 26.0 Å². The summed E-state index contributed by atoms with van der Waals surface area (Å²) in [6, 6.07) is 7.62. The molecule has 1 N–H and O–H groups in total. The second kappa shape index (κ2) is 5.75. The third kappa shape index (κ3) is 3.16. The standard InChI is InChI=1S/C13H15ClINO2/c14-11-3-1-10(2-4-11)13(9-12(17)18)5-7-16(15)8-6-13/h1-4H,5-9H2,(H,17,18). The summed E-state index contributed by atoms with van der Waals surface area (Å²) >= 11 is 8.20. The van der Waals surface area contributed by atoms with Crippen molar-refractivity contribution in [1.82, 2.24) is 3.11 Å². The average molecular weight is 380 g/mol. The Bertz CT molecular complexity index is 427. The zero-order valence-electron chi connectivity index (χ0n) is 9.90. The minimum Gasteiger partial charge on any atom is -0.481 e. The van der Waals surface area contributed by atoms with Gasteiger partial charge in [-0.25, -0.2) is 3.11 Å². The van der Waals surface area contributed by atoms with Crippen LogP contribution in [0.4, 0.5) is 0 Å². The number of carboxylic acids is 1. The highest BCUT2D eigenvalue weighted by molar-refractivity contribution is 14.1. The Morgan fingerprint density at radius 3 is 2.39 bits per heavy atom. The molecule has 0 atom stereocenters. The second-order valence-corrected chi connectivity index (χ2v) is 6.57. The molecule has 1 aromatic rings. The van der Waals surface area contributed by atoms with E-state index in [1.165, 1.54) is 0 Å². The zero-order chi connectivity index (χ0) is 13.2. The van der Waals surface area contributed by atoms with Crippen molar-refractivity contribution in [2.45, 2.75) is 24.7 Å². The number of hydrogen-bond acceptors (Lipinski definition) is 2. The van der Waals surface area contributed by atoms with E-state index in [1.54, 1.807) is 0 Å². The van der Waals surface area contributed by atoms with Crippen LogP contribution in [0.25, 0.3) is 0 Å². The van der Waals surface area contributed by atoms with Crippen LogP contribution >= 0.6 is 34.5 Å². The number of aliphatic carboxylic acids is 1. The summed E-state index contributed by atoms with van der Waals surface area (Å²) in [6.07, 6.45) is 1.95. The number of benzene rings is 1. The molecule has 0 saturated carbocycles. The Morgan fingerprint density at radius 2 is 1.89 bits per heavy atom. The first-order valence-electron chi connectivity index (χ1n) is 5.90. The summed E-state index contributed by atoms with van der Waals surface area (Å²) in [5.74, 6) is -0.730. The van der Waals surface area contributed by atoms with Crippen molar-refractivity contribution < 1.29 is 9.90 Å². The molecule has 1 aliphatic heterocycles. The van der Waals surface area contributed by atoms with Gasteiger partial charge in [-0.05, 0) is 30.5 Å². The maximum absolute atomic E-state index is 11.2. The quantitative estimate of drug-likeness (QED) is 0.645. The van der Waals surface area contributed by atoms with Crippen LogP contribution in [0.5, 0.6) is 0 Å². The Hall–Kier alpha value is -0.330. The number of carboxylic acid groups (broad SMARTS) is 1. The van der Waals surface area contributed by atoms with Gasteiger partial charge in [0.25, 0.3) is 0 Å². The normalized spacial score (nSPS) is 19.7. The van der Waals surface area contributed by atoms with Gasteiger partial charge in [0.15, 0.2) is 0 Å². The molecule has 2 rings (SSSR count). The lowest BCUT2D eigenvalue weighted by atomic mass is 9.71. The van der Waals surface area contributed by atoms with Gasteiger partial charge in [-0.15, -0.1) is 0 Å². The highest BCUT2D eigenvalue weighted by Crippen LogP contribution is 2.39. The summed E-state index contributed by atoms with van der Waals surface area (Å²) < 4.78 is 2.22. The van der Waals surface area contributed by atoms with Crippen LogP contribution in [-0.2, 0) is 10.2 Å². The molecule has 0 radical (unpaired) electrons. The molecule has 1 aromatic carbocycles. The third-order valence-electron chi connectivity index (χ3n) is 3.61. The summed E-state index contributed by atoms with van der Waals surface area (Å²) in [5, 5.41) is 9.86. The molecule has 1 heterocycles. The van der Waals surface area contributed by atoms with Crippen molar-refractivity contribution in [2.24, 2.45) is 0 Å². The molecular formula is C13H15ClINO2.